The van der Waals surface area contributed by atoms with Gasteiger partial charge in [0.1, 0.15) is 17.7 Å². The van der Waals surface area contributed by atoms with Crippen LogP contribution in [0.25, 0.3) is 11.4 Å². The van der Waals surface area contributed by atoms with E-state index in [0.717, 1.165) is 25.1 Å². The molecule has 0 radical (unpaired) electrons. The Labute approximate surface area is 227 Å². The van der Waals surface area contributed by atoms with E-state index in [4.69, 9.17) is 4.74 Å². The van der Waals surface area contributed by atoms with E-state index in [1.807, 2.05) is 0 Å². The average molecular weight is 554 g/mol. The zero-order valence-corrected chi connectivity index (χ0v) is 21.6. The summed E-state index contributed by atoms with van der Waals surface area (Å²) in [5, 5.41) is 9.52. The summed E-state index contributed by atoms with van der Waals surface area (Å²) in [6.45, 7) is 1.68. The van der Waals surface area contributed by atoms with Crippen molar-refractivity contribution in [3.63, 3.8) is 0 Å². The zero-order valence-electron chi connectivity index (χ0n) is 21.6. The summed E-state index contributed by atoms with van der Waals surface area (Å²) in [4.78, 5) is 33.5. The third-order valence-electron chi connectivity index (χ3n) is 7.33. The maximum Gasteiger partial charge on any atom is 0.341 e. The fourth-order valence-corrected chi connectivity index (χ4v) is 5.26. The Balaban J connectivity index is 1.13. The predicted molar refractivity (Wildman–Crippen MR) is 137 cm³/mol. The second-order valence-electron chi connectivity index (χ2n) is 10.1. The van der Waals surface area contributed by atoms with Crippen molar-refractivity contribution < 1.29 is 27.5 Å². The van der Waals surface area contributed by atoms with Crippen LogP contribution in [0.4, 0.5) is 18.0 Å². The third kappa shape index (κ3) is 4.75. The van der Waals surface area contributed by atoms with Gasteiger partial charge in [0.25, 0.3) is 5.91 Å². The molecule has 3 aliphatic rings. The van der Waals surface area contributed by atoms with Gasteiger partial charge < -0.3 is 14.5 Å². The smallest absolute Gasteiger partial charge is 0.341 e. The van der Waals surface area contributed by atoms with E-state index in [1.54, 1.807) is 11.9 Å². The average Bonchev–Trinajstić information content (AvgIpc) is 3.67. The molecule has 6 rings (SSSR count). The molecule has 2 aromatic heterocycles. The number of aromatic nitrogens is 3. The maximum absolute atomic E-state index is 14.7. The van der Waals surface area contributed by atoms with Crippen LogP contribution in [0.15, 0.2) is 41.8 Å². The first-order chi connectivity index (χ1) is 19.3. The minimum atomic E-state index is -0.732. The van der Waals surface area contributed by atoms with Crippen molar-refractivity contribution in [3.8, 4) is 17.1 Å². The number of urea groups is 1. The molecular formula is C27H26F3N7O3. The molecule has 3 aliphatic heterocycles. The highest BCUT2D eigenvalue weighted by Crippen LogP contribution is 2.33. The Kier molecular flexibility index (Phi) is 6.64. The lowest BCUT2D eigenvalue weighted by atomic mass is 10.0. The second-order valence-corrected chi connectivity index (χ2v) is 10.1. The Morgan fingerprint density at radius 1 is 0.975 bits per heavy atom. The minimum absolute atomic E-state index is 0.0600. The van der Waals surface area contributed by atoms with Crippen LogP contribution in [0.3, 0.4) is 0 Å². The number of hydrazone groups is 1. The van der Waals surface area contributed by atoms with Gasteiger partial charge in [-0.05, 0) is 30.5 Å². The molecule has 40 heavy (non-hydrogen) atoms. The number of rotatable bonds is 5. The van der Waals surface area contributed by atoms with Crippen molar-refractivity contribution in [1.29, 1.82) is 0 Å². The monoisotopic (exact) mass is 553 g/mol. The molecule has 2 fully saturated rings. The minimum Gasteiger partial charge on any atom is -0.483 e. The van der Waals surface area contributed by atoms with Crippen LogP contribution in [0.5, 0.6) is 5.75 Å². The van der Waals surface area contributed by atoms with Crippen LogP contribution in [0.1, 0.15) is 41.2 Å². The summed E-state index contributed by atoms with van der Waals surface area (Å²) in [7, 11) is 1.68. The molecule has 10 nitrogen and oxygen atoms in total. The largest absolute Gasteiger partial charge is 0.483 e. The highest BCUT2D eigenvalue weighted by Gasteiger charge is 2.39. The number of likely N-dealkylation sites (tertiary alicyclic amines) is 2. The number of pyridine rings is 1. The topological polar surface area (TPSA) is 96.2 Å². The number of hydrogen-bond acceptors (Lipinski definition) is 6. The first-order valence-corrected chi connectivity index (χ1v) is 13.0. The number of aryl methyl sites for hydroxylation is 1. The van der Waals surface area contributed by atoms with E-state index in [1.165, 1.54) is 45.2 Å². The van der Waals surface area contributed by atoms with Gasteiger partial charge in [-0.15, -0.1) is 0 Å². The number of carbonyl (C=O) groups is 2. The summed E-state index contributed by atoms with van der Waals surface area (Å²) in [6.07, 6.45) is 5.76. The van der Waals surface area contributed by atoms with E-state index in [0.29, 0.717) is 42.0 Å². The highest BCUT2D eigenvalue weighted by molar-refractivity contribution is 5.99. The molecule has 5 heterocycles. The van der Waals surface area contributed by atoms with Crippen LogP contribution in [0.2, 0.25) is 0 Å². The number of hydrogen-bond donors (Lipinski definition) is 0. The number of amides is 3. The van der Waals surface area contributed by atoms with Crippen molar-refractivity contribution >= 4 is 18.2 Å². The van der Waals surface area contributed by atoms with Crippen molar-refractivity contribution in [2.45, 2.75) is 31.4 Å². The van der Waals surface area contributed by atoms with Crippen molar-refractivity contribution in [2.24, 2.45) is 12.1 Å². The lowest BCUT2D eigenvalue weighted by Crippen LogP contribution is -2.58. The Morgan fingerprint density at radius 3 is 2.42 bits per heavy atom. The molecule has 0 aliphatic carbocycles. The van der Waals surface area contributed by atoms with Gasteiger partial charge in [0.2, 0.25) is 0 Å². The van der Waals surface area contributed by atoms with Crippen LogP contribution in [0, 0.1) is 17.5 Å². The number of halogens is 3. The molecule has 13 heteroatoms. The number of carbonyl (C=O) groups excluding carboxylic acids is 2. The van der Waals surface area contributed by atoms with Gasteiger partial charge in [0.15, 0.2) is 11.6 Å². The predicted octanol–water partition coefficient (Wildman–Crippen LogP) is 3.75. The standard InChI is InChI=1S/C27H26F3N7O3/c1-34-25(20(12-33-34)26(38)35-6-2-3-7-35)22-11-24(21(30)13-31-22)40-19-14-36(15-19)27(39)37-23(4-5-32-37)16-8-17(28)10-18(29)9-16/h5,8-13,19,23H,2-4,6-7,14-15H2,1H3. The molecule has 1 atom stereocenters. The molecule has 3 amide bonds. The Morgan fingerprint density at radius 2 is 1.70 bits per heavy atom. The normalized spacial score (nSPS) is 18.9. The molecule has 0 bridgehead atoms. The Hall–Kier alpha value is -4.42. The summed E-state index contributed by atoms with van der Waals surface area (Å²) in [6, 6.07) is 3.49. The third-order valence-corrected chi connectivity index (χ3v) is 7.33. The quantitative estimate of drug-likeness (QED) is 0.480. The zero-order chi connectivity index (χ0) is 28.0. The van der Waals surface area contributed by atoms with Gasteiger partial charge >= 0.3 is 6.03 Å². The van der Waals surface area contributed by atoms with Gasteiger partial charge in [0, 0.05) is 44.9 Å². The van der Waals surface area contributed by atoms with Crippen LogP contribution >= 0.6 is 0 Å². The van der Waals surface area contributed by atoms with Crippen molar-refractivity contribution in [3.05, 3.63) is 65.2 Å². The first kappa shape index (κ1) is 25.8. The van der Waals surface area contributed by atoms with E-state index < -0.39 is 35.6 Å². The van der Waals surface area contributed by atoms with Gasteiger partial charge in [-0.1, -0.05) is 0 Å². The van der Waals surface area contributed by atoms with E-state index in [2.05, 4.69) is 15.2 Å². The lowest BCUT2D eigenvalue weighted by Gasteiger charge is -2.41. The summed E-state index contributed by atoms with van der Waals surface area (Å²) < 4.78 is 49.5. The summed E-state index contributed by atoms with van der Waals surface area (Å²) in [5.41, 5.74) is 1.48. The summed E-state index contributed by atoms with van der Waals surface area (Å²) >= 11 is 0. The fraction of sp³-hybridized carbons (Fsp3) is 0.370. The van der Waals surface area contributed by atoms with Crippen molar-refractivity contribution in [1.82, 2.24) is 29.6 Å². The van der Waals surface area contributed by atoms with E-state index in [9.17, 15) is 22.8 Å². The van der Waals surface area contributed by atoms with E-state index >= 15 is 0 Å². The number of ether oxygens (including phenoxy) is 1. The fourth-order valence-electron chi connectivity index (χ4n) is 5.26. The molecule has 0 saturated carbocycles. The molecule has 1 unspecified atom stereocenters. The molecule has 1 aromatic carbocycles. The molecular weight excluding hydrogens is 527 g/mol. The first-order valence-electron chi connectivity index (χ1n) is 13.0. The molecule has 208 valence electrons. The summed E-state index contributed by atoms with van der Waals surface area (Å²) in [5.74, 6) is -2.35. The molecule has 2 saturated heterocycles. The van der Waals surface area contributed by atoms with E-state index in [-0.39, 0.29) is 24.7 Å². The highest BCUT2D eigenvalue weighted by atomic mass is 19.1. The van der Waals surface area contributed by atoms with Crippen LogP contribution in [-0.4, -0.2) is 80.0 Å². The molecule has 0 spiro atoms. The van der Waals surface area contributed by atoms with Gasteiger partial charge in [-0.2, -0.15) is 10.2 Å². The molecule has 0 N–H and O–H groups in total. The SMILES string of the molecule is Cn1ncc(C(=O)N2CCCC2)c1-c1cc(OC2CN(C(=O)N3N=CCC3c3cc(F)cc(F)c3)C2)c(F)cn1. The number of benzene rings is 1. The van der Waals surface area contributed by atoms with Gasteiger partial charge in [-0.3, -0.25) is 14.5 Å². The van der Waals surface area contributed by atoms with Gasteiger partial charge in [0.05, 0.1) is 48.5 Å². The lowest BCUT2D eigenvalue weighted by molar-refractivity contribution is 0.0256. The maximum atomic E-state index is 14.7. The molecule has 3 aromatic rings. The van der Waals surface area contributed by atoms with Gasteiger partial charge in [-0.25, -0.2) is 23.0 Å². The second kappa shape index (κ2) is 10.3. The van der Waals surface area contributed by atoms with Crippen molar-refractivity contribution in [2.75, 3.05) is 26.2 Å². The van der Waals surface area contributed by atoms with Crippen LogP contribution < -0.4 is 4.74 Å². The number of nitrogens with zero attached hydrogens (tertiary/aromatic N) is 7. The van der Waals surface area contributed by atoms with Crippen LogP contribution in [-0.2, 0) is 7.05 Å². The Bertz CT molecular complexity index is 1480.